The van der Waals surface area contributed by atoms with E-state index in [2.05, 4.69) is 41.5 Å². The molecule has 0 aromatic heterocycles. The summed E-state index contributed by atoms with van der Waals surface area (Å²) in [6, 6.07) is 8.98. The molecule has 1 aromatic rings. The van der Waals surface area contributed by atoms with Crippen LogP contribution in [0.4, 0.5) is 0 Å². The number of unbranched alkanes of at least 4 members (excludes halogenated alkanes) is 6. The lowest BCUT2D eigenvalue weighted by molar-refractivity contribution is -0.370. The van der Waals surface area contributed by atoms with Gasteiger partial charge in [-0.05, 0) is 50.7 Å². The van der Waals surface area contributed by atoms with E-state index in [9.17, 15) is 4.79 Å². The lowest BCUT2D eigenvalue weighted by Gasteiger charge is -2.50. The maximum Gasteiger partial charge on any atom is 0.338 e. The second kappa shape index (κ2) is 29.5. The zero-order valence-electron chi connectivity index (χ0n) is 35.7. The second-order valence-electron chi connectivity index (χ2n) is 14.8. The molecule has 2 saturated heterocycles. The van der Waals surface area contributed by atoms with Crippen molar-refractivity contribution in [1.29, 1.82) is 0 Å². The number of esters is 1. The van der Waals surface area contributed by atoms with Gasteiger partial charge in [-0.2, -0.15) is 0 Å². The Morgan fingerprint density at radius 1 is 0.518 bits per heavy atom. The predicted octanol–water partition coefficient (Wildman–Crippen LogP) is 8.07. The van der Waals surface area contributed by atoms with Crippen LogP contribution in [0.25, 0.3) is 0 Å². The molecule has 56 heavy (non-hydrogen) atoms. The minimum absolute atomic E-state index is 0.164. The summed E-state index contributed by atoms with van der Waals surface area (Å²) in [7, 11) is 1.63. The lowest BCUT2D eigenvalue weighted by atomic mass is 9.95. The third kappa shape index (κ3) is 16.2. The number of hydrogen-bond donors (Lipinski definition) is 0. The van der Waals surface area contributed by atoms with Crippen molar-refractivity contribution in [3.63, 3.8) is 0 Å². The Hall–Kier alpha value is -1.71. The molecular weight excluding hydrogens is 720 g/mol. The molecule has 10 atom stereocenters. The van der Waals surface area contributed by atoms with Crippen molar-refractivity contribution in [1.82, 2.24) is 0 Å². The third-order valence-corrected chi connectivity index (χ3v) is 10.0. The van der Waals surface area contributed by atoms with Crippen LogP contribution in [0.5, 0.6) is 0 Å². The molecular formula is C44H76O12. The van der Waals surface area contributed by atoms with Gasteiger partial charge >= 0.3 is 5.97 Å². The SMILES string of the molecule is CCCCOCC1O[C@H](O[C@H]2C(COCCCC)O[C@@H](OC)C(OCCCC)[C@H]2OCCCC)C(OCCCC)[C@@H](OCCCC)[C@@H]1OC(=O)c1ccccc1. The highest BCUT2D eigenvalue weighted by molar-refractivity contribution is 5.89. The third-order valence-electron chi connectivity index (χ3n) is 10.0. The summed E-state index contributed by atoms with van der Waals surface area (Å²) in [4.78, 5) is 13.7. The molecule has 12 nitrogen and oxygen atoms in total. The standard InChI is InChI=1S/C44H76O12/c1-8-14-25-47-31-34-36(55-42(45)33-23-21-20-22-24-33)38(49-27-16-10-3)41(52-30-19-13-6)44(54-34)56-37-35(32-48-26-15-9-2)53-43(46-7)40(51-29-18-12-5)39(37)50-28-17-11-4/h20-24,34-41,43-44H,8-19,25-32H2,1-7H3/t34?,35?,36-,37+,38+,39+,40?,41?,43-,44-/m1/s1. The van der Waals surface area contributed by atoms with Crippen LogP contribution < -0.4 is 0 Å². The van der Waals surface area contributed by atoms with Gasteiger partial charge in [0.05, 0.1) is 18.8 Å². The van der Waals surface area contributed by atoms with Gasteiger partial charge in [-0.15, -0.1) is 0 Å². The highest BCUT2D eigenvalue weighted by Crippen LogP contribution is 2.36. The fourth-order valence-electron chi connectivity index (χ4n) is 6.63. The molecule has 0 spiro atoms. The normalized spacial score (nSPS) is 28.1. The molecule has 0 radical (unpaired) electrons. The molecule has 0 N–H and O–H groups in total. The predicted molar refractivity (Wildman–Crippen MR) is 215 cm³/mol. The summed E-state index contributed by atoms with van der Waals surface area (Å²) in [6.45, 7) is 16.2. The van der Waals surface area contributed by atoms with E-state index in [4.69, 9.17) is 52.1 Å². The quantitative estimate of drug-likeness (QED) is 0.0534. The van der Waals surface area contributed by atoms with Gasteiger partial charge in [-0.25, -0.2) is 4.79 Å². The van der Waals surface area contributed by atoms with Gasteiger partial charge in [0.2, 0.25) is 0 Å². The molecule has 0 saturated carbocycles. The van der Waals surface area contributed by atoms with E-state index in [0.29, 0.717) is 45.2 Å². The van der Waals surface area contributed by atoms with Crippen molar-refractivity contribution in [2.45, 2.75) is 180 Å². The molecule has 2 aliphatic rings. The number of carbonyl (C=O) groups is 1. The van der Waals surface area contributed by atoms with E-state index in [1.165, 1.54) is 0 Å². The lowest BCUT2D eigenvalue weighted by Crippen LogP contribution is -2.66. The van der Waals surface area contributed by atoms with E-state index in [1.54, 1.807) is 19.2 Å². The van der Waals surface area contributed by atoms with Crippen molar-refractivity contribution >= 4 is 5.97 Å². The molecule has 0 aliphatic carbocycles. The van der Waals surface area contributed by atoms with Crippen LogP contribution >= 0.6 is 0 Å². The summed E-state index contributed by atoms with van der Waals surface area (Å²) in [5.41, 5.74) is 0.437. The number of benzene rings is 1. The number of ether oxygens (including phenoxy) is 11. The van der Waals surface area contributed by atoms with Crippen LogP contribution in [-0.4, -0.2) is 127 Å². The van der Waals surface area contributed by atoms with Crippen LogP contribution in [-0.2, 0) is 52.1 Å². The first kappa shape index (κ1) is 48.7. The van der Waals surface area contributed by atoms with Crippen LogP contribution in [0.3, 0.4) is 0 Å². The molecule has 2 aliphatic heterocycles. The van der Waals surface area contributed by atoms with Crippen LogP contribution in [0.15, 0.2) is 30.3 Å². The van der Waals surface area contributed by atoms with Crippen molar-refractivity contribution in [3.05, 3.63) is 35.9 Å². The fraction of sp³-hybridized carbons (Fsp3) is 0.841. The van der Waals surface area contributed by atoms with E-state index in [1.807, 2.05) is 18.2 Å². The largest absolute Gasteiger partial charge is 0.453 e. The molecule has 1 aromatic carbocycles. The molecule has 3 rings (SSSR count). The summed E-state index contributed by atoms with van der Waals surface area (Å²) in [5.74, 6) is -0.472. The molecule has 2 fully saturated rings. The first-order valence-corrected chi connectivity index (χ1v) is 21.8. The van der Waals surface area contributed by atoms with Crippen LogP contribution in [0.2, 0.25) is 0 Å². The Morgan fingerprint density at radius 3 is 1.41 bits per heavy atom. The highest BCUT2D eigenvalue weighted by atomic mass is 16.8. The van der Waals surface area contributed by atoms with E-state index in [-0.39, 0.29) is 13.2 Å². The number of carbonyl (C=O) groups excluding carboxylic acids is 1. The highest BCUT2D eigenvalue weighted by Gasteiger charge is 2.55. The van der Waals surface area contributed by atoms with Crippen LogP contribution in [0.1, 0.15) is 129 Å². The maximum absolute atomic E-state index is 13.7. The molecule has 12 heteroatoms. The number of hydrogen-bond acceptors (Lipinski definition) is 12. The minimum Gasteiger partial charge on any atom is -0.453 e. The Labute approximate surface area is 338 Å². The summed E-state index contributed by atoms with van der Waals surface area (Å²) >= 11 is 0. The Bertz CT molecular complexity index is 1110. The van der Waals surface area contributed by atoms with Gasteiger partial charge in [-0.1, -0.05) is 98.3 Å². The number of rotatable bonds is 31. The summed E-state index contributed by atoms with van der Waals surface area (Å²) < 4.78 is 71.9. The second-order valence-corrected chi connectivity index (χ2v) is 14.8. The van der Waals surface area contributed by atoms with Crippen molar-refractivity contribution in [2.24, 2.45) is 0 Å². The smallest absolute Gasteiger partial charge is 0.338 e. The number of methoxy groups -OCH3 is 1. The monoisotopic (exact) mass is 797 g/mol. The van der Waals surface area contributed by atoms with Gasteiger partial charge < -0.3 is 52.1 Å². The molecule has 0 amide bonds. The Morgan fingerprint density at radius 2 is 0.929 bits per heavy atom. The maximum atomic E-state index is 13.7. The topological polar surface area (TPSA) is 119 Å². The zero-order chi connectivity index (χ0) is 40.4. The molecule has 324 valence electrons. The van der Waals surface area contributed by atoms with Crippen molar-refractivity contribution in [2.75, 3.05) is 60.0 Å². The van der Waals surface area contributed by atoms with Gasteiger partial charge in [-0.3, -0.25) is 0 Å². The van der Waals surface area contributed by atoms with Gasteiger partial charge in [0.1, 0.15) is 42.7 Å². The minimum atomic E-state index is -0.968. The van der Waals surface area contributed by atoms with Crippen molar-refractivity contribution in [3.8, 4) is 0 Å². The van der Waals surface area contributed by atoms with Crippen LogP contribution in [0, 0.1) is 0 Å². The molecule has 4 unspecified atom stereocenters. The Kier molecular flexibility index (Phi) is 25.6. The molecule has 2 heterocycles. The van der Waals surface area contributed by atoms with Crippen molar-refractivity contribution < 1.29 is 56.9 Å². The summed E-state index contributed by atoms with van der Waals surface area (Å²) in [5, 5.41) is 0. The first-order valence-electron chi connectivity index (χ1n) is 21.8. The van der Waals surface area contributed by atoms with E-state index < -0.39 is 67.4 Å². The fourth-order valence-corrected chi connectivity index (χ4v) is 6.63. The first-order chi connectivity index (χ1) is 27.5. The average molecular weight is 797 g/mol. The zero-order valence-corrected chi connectivity index (χ0v) is 35.7. The van der Waals surface area contributed by atoms with Gasteiger partial charge in [0, 0.05) is 46.8 Å². The summed E-state index contributed by atoms with van der Waals surface area (Å²) in [6.07, 6.45) is 3.79. The average Bonchev–Trinajstić information content (AvgIpc) is 3.21. The molecule has 0 bridgehead atoms. The van der Waals surface area contributed by atoms with E-state index in [0.717, 1.165) is 77.0 Å². The van der Waals surface area contributed by atoms with Gasteiger partial charge in [0.25, 0.3) is 0 Å². The van der Waals surface area contributed by atoms with Gasteiger partial charge in [0.15, 0.2) is 18.7 Å². The van der Waals surface area contributed by atoms with E-state index >= 15 is 0 Å². The Balaban J connectivity index is 2.10.